The van der Waals surface area contributed by atoms with Crippen LogP contribution in [0.3, 0.4) is 0 Å². The normalized spacial score (nSPS) is 26.6. The van der Waals surface area contributed by atoms with E-state index in [4.69, 9.17) is 0 Å². The Hall–Kier alpha value is -1.89. The lowest BCUT2D eigenvalue weighted by molar-refractivity contribution is -0.135. The number of carbonyl (C=O) groups is 3. The number of imide groups is 1. The zero-order chi connectivity index (χ0) is 17.4. The summed E-state index contributed by atoms with van der Waals surface area (Å²) < 4.78 is 0. The van der Waals surface area contributed by atoms with Gasteiger partial charge in [0.05, 0.1) is 0 Å². The number of rotatable bonds is 3. The van der Waals surface area contributed by atoms with E-state index in [1.807, 2.05) is 11.4 Å². The van der Waals surface area contributed by atoms with E-state index in [1.165, 1.54) is 6.42 Å². The van der Waals surface area contributed by atoms with Crippen molar-refractivity contribution >= 4 is 29.2 Å². The number of nitrogens with zero attached hydrogens (tertiary/aromatic N) is 1. The predicted octanol–water partition coefficient (Wildman–Crippen LogP) is 2.28. The quantitative estimate of drug-likeness (QED) is 0.811. The Bertz CT molecular complexity index is 710. The van der Waals surface area contributed by atoms with Gasteiger partial charge in [0.15, 0.2) is 0 Å². The molecule has 1 aromatic heterocycles. The molecule has 2 heterocycles. The Morgan fingerprint density at radius 3 is 2.88 bits per heavy atom. The largest absolute Gasteiger partial charge is 0.352 e. The van der Waals surface area contributed by atoms with Crippen molar-refractivity contribution in [1.29, 1.82) is 0 Å². The minimum absolute atomic E-state index is 0.175. The van der Waals surface area contributed by atoms with E-state index < -0.39 is 11.6 Å². The summed E-state index contributed by atoms with van der Waals surface area (Å²) in [5.41, 5.74) is -0.0484. The number of thiophene rings is 1. The lowest BCUT2D eigenvalue weighted by Crippen LogP contribution is -2.47. The van der Waals surface area contributed by atoms with E-state index >= 15 is 0 Å². The highest BCUT2D eigenvalue weighted by Gasteiger charge is 2.54. The van der Waals surface area contributed by atoms with Gasteiger partial charge in [-0.2, -0.15) is 0 Å². The average molecular weight is 361 g/mol. The first-order valence-electron chi connectivity index (χ1n) is 9.10. The molecule has 0 unspecified atom stereocenters. The Kier molecular flexibility index (Phi) is 4.27. The molecule has 0 aromatic carbocycles. The van der Waals surface area contributed by atoms with Gasteiger partial charge in [-0.1, -0.05) is 19.3 Å². The third kappa shape index (κ3) is 2.84. The van der Waals surface area contributed by atoms with Crippen LogP contribution >= 0.6 is 11.3 Å². The van der Waals surface area contributed by atoms with Crippen LogP contribution in [0.4, 0.5) is 4.79 Å². The van der Waals surface area contributed by atoms with Crippen LogP contribution in [-0.2, 0) is 21.5 Å². The molecular formula is C18H23N3O3S. The van der Waals surface area contributed by atoms with Crippen molar-refractivity contribution in [3.05, 3.63) is 21.9 Å². The molecule has 2 aliphatic carbocycles. The Morgan fingerprint density at radius 2 is 2.08 bits per heavy atom. The van der Waals surface area contributed by atoms with Gasteiger partial charge in [0.25, 0.3) is 5.91 Å². The molecule has 6 nitrogen and oxygen atoms in total. The molecular weight excluding hydrogens is 338 g/mol. The zero-order valence-electron chi connectivity index (χ0n) is 14.2. The standard InChI is InChI=1S/C18H23N3O3S/c22-15(19-12-5-2-1-3-6-12)11-21-16(23)18(20-17(21)24)9-4-7-14-13(18)8-10-25-14/h8,10,12H,1-7,9,11H2,(H,19,22)(H,20,24)/t18-/m1/s1. The van der Waals surface area contributed by atoms with Crippen molar-refractivity contribution in [2.75, 3.05) is 6.54 Å². The lowest BCUT2D eigenvalue weighted by atomic mass is 9.80. The smallest absolute Gasteiger partial charge is 0.325 e. The maximum atomic E-state index is 13.0. The van der Waals surface area contributed by atoms with Gasteiger partial charge in [-0.15, -0.1) is 11.3 Å². The summed E-state index contributed by atoms with van der Waals surface area (Å²) in [6.07, 6.45) is 7.83. The topological polar surface area (TPSA) is 78.5 Å². The summed E-state index contributed by atoms with van der Waals surface area (Å²) >= 11 is 1.63. The number of hydrogen-bond donors (Lipinski definition) is 2. The van der Waals surface area contributed by atoms with Crippen molar-refractivity contribution in [3.8, 4) is 0 Å². The molecule has 3 aliphatic rings. The highest BCUT2D eigenvalue weighted by molar-refractivity contribution is 7.10. The van der Waals surface area contributed by atoms with E-state index in [-0.39, 0.29) is 24.4 Å². The van der Waals surface area contributed by atoms with Gasteiger partial charge in [0, 0.05) is 16.5 Å². The molecule has 1 aliphatic heterocycles. The second kappa shape index (κ2) is 6.44. The van der Waals surface area contributed by atoms with Gasteiger partial charge in [0.2, 0.25) is 5.91 Å². The van der Waals surface area contributed by atoms with Crippen LogP contribution < -0.4 is 10.6 Å². The zero-order valence-corrected chi connectivity index (χ0v) is 15.0. The number of fused-ring (bicyclic) bond motifs is 2. The molecule has 0 radical (unpaired) electrons. The second-order valence-electron chi connectivity index (χ2n) is 7.24. The molecule has 25 heavy (non-hydrogen) atoms. The summed E-state index contributed by atoms with van der Waals surface area (Å²) in [7, 11) is 0. The number of hydrogen-bond acceptors (Lipinski definition) is 4. The van der Waals surface area contributed by atoms with Gasteiger partial charge in [0.1, 0.15) is 12.1 Å². The van der Waals surface area contributed by atoms with Crippen LogP contribution in [0.25, 0.3) is 0 Å². The first-order valence-corrected chi connectivity index (χ1v) is 9.98. The fraction of sp³-hybridized carbons (Fsp3) is 0.611. The van der Waals surface area contributed by atoms with Crippen LogP contribution in [0.15, 0.2) is 11.4 Å². The van der Waals surface area contributed by atoms with Crippen LogP contribution in [0.2, 0.25) is 0 Å². The number of aryl methyl sites for hydroxylation is 1. The summed E-state index contributed by atoms with van der Waals surface area (Å²) in [6.45, 7) is -0.192. The van der Waals surface area contributed by atoms with Gasteiger partial charge >= 0.3 is 6.03 Å². The third-order valence-electron chi connectivity index (χ3n) is 5.61. The fourth-order valence-electron chi connectivity index (χ4n) is 4.35. The monoisotopic (exact) mass is 361 g/mol. The van der Waals surface area contributed by atoms with Gasteiger partial charge < -0.3 is 10.6 Å². The van der Waals surface area contributed by atoms with Crippen molar-refractivity contribution in [2.45, 2.75) is 62.9 Å². The molecule has 1 saturated carbocycles. The summed E-state index contributed by atoms with van der Waals surface area (Å²) in [6, 6.07) is 1.65. The molecule has 1 aromatic rings. The Morgan fingerprint density at radius 1 is 1.28 bits per heavy atom. The number of urea groups is 1. The van der Waals surface area contributed by atoms with E-state index in [9.17, 15) is 14.4 Å². The SMILES string of the molecule is O=C(CN1C(=O)N[C@@]2(CCCc3sccc32)C1=O)NC1CCCCC1. The molecule has 1 atom stereocenters. The minimum atomic E-state index is -0.963. The molecule has 4 rings (SSSR count). The van der Waals surface area contributed by atoms with E-state index in [0.29, 0.717) is 6.42 Å². The molecule has 2 N–H and O–H groups in total. The molecule has 1 saturated heterocycles. The maximum Gasteiger partial charge on any atom is 0.325 e. The summed E-state index contributed by atoms with van der Waals surface area (Å²) in [4.78, 5) is 40.1. The van der Waals surface area contributed by atoms with Crippen molar-refractivity contribution < 1.29 is 14.4 Å². The Balaban J connectivity index is 1.48. The second-order valence-corrected chi connectivity index (χ2v) is 8.24. The average Bonchev–Trinajstić information content (AvgIpc) is 3.17. The lowest BCUT2D eigenvalue weighted by Gasteiger charge is -2.31. The van der Waals surface area contributed by atoms with E-state index in [0.717, 1.165) is 53.9 Å². The molecule has 2 fully saturated rings. The first-order chi connectivity index (χ1) is 12.1. The minimum Gasteiger partial charge on any atom is -0.352 e. The van der Waals surface area contributed by atoms with Crippen LogP contribution in [-0.4, -0.2) is 35.3 Å². The van der Waals surface area contributed by atoms with Crippen molar-refractivity contribution in [1.82, 2.24) is 15.5 Å². The Labute approximate surface area is 151 Å². The van der Waals surface area contributed by atoms with Crippen LogP contribution in [0, 0.1) is 0 Å². The van der Waals surface area contributed by atoms with E-state index in [2.05, 4.69) is 10.6 Å². The van der Waals surface area contributed by atoms with E-state index in [1.54, 1.807) is 11.3 Å². The van der Waals surface area contributed by atoms with Crippen LogP contribution in [0.5, 0.6) is 0 Å². The number of amides is 4. The predicted molar refractivity (Wildman–Crippen MR) is 94.2 cm³/mol. The molecule has 7 heteroatoms. The first kappa shape index (κ1) is 16.6. The van der Waals surface area contributed by atoms with Crippen molar-refractivity contribution in [2.24, 2.45) is 0 Å². The third-order valence-corrected chi connectivity index (χ3v) is 6.59. The molecule has 4 amide bonds. The molecule has 0 bridgehead atoms. The summed E-state index contributed by atoms with van der Waals surface area (Å²) in [5.74, 6) is -0.524. The maximum absolute atomic E-state index is 13.0. The summed E-state index contributed by atoms with van der Waals surface area (Å²) in [5, 5.41) is 7.83. The van der Waals surface area contributed by atoms with Crippen LogP contribution in [0.1, 0.15) is 55.4 Å². The highest BCUT2D eigenvalue weighted by atomic mass is 32.1. The molecule has 1 spiro atoms. The fourth-order valence-corrected chi connectivity index (χ4v) is 5.35. The van der Waals surface area contributed by atoms with Gasteiger partial charge in [-0.25, -0.2) is 4.79 Å². The van der Waals surface area contributed by atoms with Gasteiger partial charge in [-0.3, -0.25) is 14.5 Å². The number of nitrogens with one attached hydrogen (secondary N) is 2. The van der Waals surface area contributed by atoms with Gasteiger partial charge in [-0.05, 0) is 43.6 Å². The highest BCUT2D eigenvalue weighted by Crippen LogP contribution is 2.42. The molecule has 134 valence electrons. The number of carbonyl (C=O) groups excluding carboxylic acids is 3. The van der Waals surface area contributed by atoms with Crippen molar-refractivity contribution in [3.63, 3.8) is 0 Å².